The molecule has 0 aliphatic heterocycles. The summed E-state index contributed by atoms with van der Waals surface area (Å²) in [5, 5.41) is 0. The number of hydrogen-bond acceptors (Lipinski definition) is 2. The third-order valence-corrected chi connectivity index (χ3v) is 5.23. The van der Waals surface area contributed by atoms with Crippen LogP contribution in [0.5, 0.6) is 0 Å². The Morgan fingerprint density at radius 1 is 0.640 bits per heavy atom. The number of hydrogen-bond donors (Lipinski definition) is 0. The molecule has 0 fully saturated rings. The summed E-state index contributed by atoms with van der Waals surface area (Å²) in [5.74, 6) is -0.0263. The van der Waals surface area contributed by atoms with Gasteiger partial charge in [-0.25, -0.2) is 0 Å². The van der Waals surface area contributed by atoms with Crippen molar-refractivity contribution < 1.29 is 9.53 Å². The normalized spacial score (nSPS) is 11.7. The van der Waals surface area contributed by atoms with E-state index in [1.54, 1.807) is 0 Å². The van der Waals surface area contributed by atoms with Crippen molar-refractivity contribution in [2.45, 2.75) is 142 Å². The second kappa shape index (κ2) is 16.9. The summed E-state index contributed by atoms with van der Waals surface area (Å²) < 4.78 is 5.47. The van der Waals surface area contributed by atoms with E-state index in [2.05, 4.69) is 13.8 Å². The van der Waals surface area contributed by atoms with Gasteiger partial charge in [0, 0.05) is 6.42 Å². The summed E-state index contributed by atoms with van der Waals surface area (Å²) in [4.78, 5) is 11.7. The van der Waals surface area contributed by atoms with Crippen molar-refractivity contribution >= 4 is 5.97 Å². The lowest BCUT2D eigenvalue weighted by atomic mass is 10.0. The van der Waals surface area contributed by atoms with Gasteiger partial charge >= 0.3 is 5.97 Å². The molecule has 150 valence electrons. The molecule has 2 heteroatoms. The lowest BCUT2D eigenvalue weighted by Gasteiger charge is -2.23. The molecule has 0 aliphatic carbocycles. The van der Waals surface area contributed by atoms with E-state index in [1.165, 1.54) is 89.9 Å². The Balaban J connectivity index is 3.20. The molecule has 0 saturated carbocycles. The summed E-state index contributed by atoms with van der Waals surface area (Å²) in [5.41, 5.74) is -0.299. The van der Waals surface area contributed by atoms with E-state index in [0.29, 0.717) is 6.42 Å². The van der Waals surface area contributed by atoms with Crippen LogP contribution in [0.15, 0.2) is 0 Å². The molecule has 0 spiro atoms. The van der Waals surface area contributed by atoms with Gasteiger partial charge in [-0.3, -0.25) is 4.79 Å². The van der Waals surface area contributed by atoms with E-state index >= 15 is 0 Å². The third-order valence-electron chi connectivity index (χ3n) is 5.23. The molecule has 0 amide bonds. The molecule has 0 saturated heterocycles. The predicted octanol–water partition coefficient (Wildman–Crippen LogP) is 7.98. The first-order valence-electron chi connectivity index (χ1n) is 11.2. The fraction of sp³-hybridized carbons (Fsp3) is 0.957. The fourth-order valence-electron chi connectivity index (χ4n) is 3.07. The van der Waals surface area contributed by atoms with Crippen LogP contribution in [0.25, 0.3) is 0 Å². The number of esters is 1. The van der Waals surface area contributed by atoms with Gasteiger partial charge in [-0.05, 0) is 26.7 Å². The zero-order valence-electron chi connectivity index (χ0n) is 17.8. The first-order valence-corrected chi connectivity index (χ1v) is 11.2. The molecule has 2 nitrogen and oxygen atoms in total. The van der Waals surface area contributed by atoms with E-state index in [0.717, 1.165) is 12.8 Å². The van der Waals surface area contributed by atoms with Crippen molar-refractivity contribution in [3.8, 4) is 0 Å². The molecule has 0 heterocycles. The minimum atomic E-state index is -0.299. The molecule has 0 rings (SSSR count). The monoisotopic (exact) mass is 354 g/mol. The minimum Gasteiger partial charge on any atom is -0.460 e. The van der Waals surface area contributed by atoms with Crippen molar-refractivity contribution in [1.29, 1.82) is 0 Å². The lowest BCUT2D eigenvalue weighted by Crippen LogP contribution is -2.26. The topological polar surface area (TPSA) is 26.3 Å². The molecule has 0 aliphatic rings. The molecule has 0 unspecified atom stereocenters. The zero-order valence-corrected chi connectivity index (χ0v) is 17.8. The van der Waals surface area contributed by atoms with Crippen molar-refractivity contribution in [3.63, 3.8) is 0 Å². The van der Waals surface area contributed by atoms with Crippen LogP contribution >= 0.6 is 0 Å². The number of carbonyl (C=O) groups is 1. The quantitative estimate of drug-likeness (QED) is 0.184. The molecular weight excluding hydrogens is 308 g/mol. The lowest BCUT2D eigenvalue weighted by molar-refractivity contribution is -0.156. The van der Waals surface area contributed by atoms with Crippen LogP contribution < -0.4 is 0 Å². The molecule has 0 N–H and O–H groups in total. The largest absolute Gasteiger partial charge is 0.460 e. The van der Waals surface area contributed by atoms with Crippen LogP contribution in [0, 0.1) is 0 Å². The van der Waals surface area contributed by atoms with Gasteiger partial charge in [-0.2, -0.15) is 0 Å². The Kier molecular flexibility index (Phi) is 16.6. The Morgan fingerprint density at radius 2 is 1.00 bits per heavy atom. The molecule has 0 bridgehead atoms. The average molecular weight is 355 g/mol. The van der Waals surface area contributed by atoms with E-state index < -0.39 is 0 Å². The van der Waals surface area contributed by atoms with Crippen molar-refractivity contribution in [2.24, 2.45) is 0 Å². The number of unbranched alkanes of at least 4 members (excludes halogenated alkanes) is 14. The molecular formula is C23H46O2. The SMILES string of the molecule is CCCCCCCCCCCCCCCCCC(=O)OC(C)(C)CC. The summed E-state index contributed by atoms with van der Waals surface area (Å²) in [6.45, 7) is 8.30. The number of carbonyl (C=O) groups excluding carboxylic acids is 1. The molecule has 25 heavy (non-hydrogen) atoms. The van der Waals surface area contributed by atoms with Crippen molar-refractivity contribution in [3.05, 3.63) is 0 Å². The van der Waals surface area contributed by atoms with Crippen LogP contribution in [0.2, 0.25) is 0 Å². The van der Waals surface area contributed by atoms with Crippen molar-refractivity contribution in [2.75, 3.05) is 0 Å². The van der Waals surface area contributed by atoms with E-state index in [1.807, 2.05) is 13.8 Å². The van der Waals surface area contributed by atoms with Gasteiger partial charge in [0.05, 0.1) is 0 Å². The molecule has 0 aromatic rings. The summed E-state index contributed by atoms with van der Waals surface area (Å²) >= 11 is 0. The van der Waals surface area contributed by atoms with Crippen LogP contribution in [-0.2, 0) is 9.53 Å². The Hall–Kier alpha value is -0.530. The Labute approximate surface area is 158 Å². The second-order valence-electron chi connectivity index (χ2n) is 8.29. The van der Waals surface area contributed by atoms with Crippen LogP contribution in [0.4, 0.5) is 0 Å². The van der Waals surface area contributed by atoms with E-state index in [9.17, 15) is 4.79 Å². The average Bonchev–Trinajstić information content (AvgIpc) is 2.58. The van der Waals surface area contributed by atoms with Gasteiger partial charge in [0.15, 0.2) is 0 Å². The van der Waals surface area contributed by atoms with E-state index in [4.69, 9.17) is 4.74 Å². The highest BCUT2D eigenvalue weighted by atomic mass is 16.6. The van der Waals surface area contributed by atoms with Gasteiger partial charge in [0.25, 0.3) is 0 Å². The number of ether oxygens (including phenoxy) is 1. The Bertz CT molecular complexity index is 296. The fourth-order valence-corrected chi connectivity index (χ4v) is 3.07. The van der Waals surface area contributed by atoms with Gasteiger partial charge in [0.1, 0.15) is 5.60 Å². The Morgan fingerprint density at radius 3 is 1.36 bits per heavy atom. The van der Waals surface area contributed by atoms with Crippen LogP contribution in [0.3, 0.4) is 0 Å². The van der Waals surface area contributed by atoms with Gasteiger partial charge in [0.2, 0.25) is 0 Å². The minimum absolute atomic E-state index is 0.0263. The number of rotatable bonds is 18. The molecule has 0 radical (unpaired) electrons. The van der Waals surface area contributed by atoms with Crippen molar-refractivity contribution in [1.82, 2.24) is 0 Å². The van der Waals surface area contributed by atoms with Crippen LogP contribution in [0.1, 0.15) is 137 Å². The molecule has 0 aromatic heterocycles. The smallest absolute Gasteiger partial charge is 0.306 e. The standard InChI is InChI=1S/C23H46O2/c1-5-7-8-9-10-11-12-13-14-15-16-17-18-19-20-21-22(24)25-23(3,4)6-2/h5-21H2,1-4H3. The maximum atomic E-state index is 11.7. The molecule has 0 atom stereocenters. The zero-order chi connectivity index (χ0) is 18.8. The van der Waals surface area contributed by atoms with Crippen LogP contribution in [-0.4, -0.2) is 11.6 Å². The third kappa shape index (κ3) is 18.1. The summed E-state index contributed by atoms with van der Waals surface area (Å²) in [6.07, 6.45) is 21.7. The summed E-state index contributed by atoms with van der Waals surface area (Å²) in [6, 6.07) is 0. The maximum Gasteiger partial charge on any atom is 0.306 e. The predicted molar refractivity (Wildman–Crippen MR) is 110 cm³/mol. The maximum absolute atomic E-state index is 11.7. The van der Waals surface area contributed by atoms with Gasteiger partial charge in [-0.15, -0.1) is 0 Å². The van der Waals surface area contributed by atoms with E-state index in [-0.39, 0.29) is 11.6 Å². The summed E-state index contributed by atoms with van der Waals surface area (Å²) in [7, 11) is 0. The van der Waals surface area contributed by atoms with Gasteiger partial charge in [-0.1, -0.05) is 104 Å². The highest BCUT2D eigenvalue weighted by molar-refractivity contribution is 5.69. The van der Waals surface area contributed by atoms with Gasteiger partial charge < -0.3 is 4.74 Å². The first-order chi connectivity index (χ1) is 12.0. The second-order valence-corrected chi connectivity index (χ2v) is 8.29. The highest BCUT2D eigenvalue weighted by Crippen LogP contribution is 2.16. The first kappa shape index (κ1) is 24.5. The molecule has 0 aromatic carbocycles. The highest BCUT2D eigenvalue weighted by Gasteiger charge is 2.19.